The molecule has 0 bridgehead atoms. The third-order valence-electron chi connectivity index (χ3n) is 4.30. The summed E-state index contributed by atoms with van der Waals surface area (Å²) in [6.45, 7) is 2.08. The van der Waals surface area contributed by atoms with E-state index in [2.05, 4.69) is 4.98 Å². The highest BCUT2D eigenvalue weighted by Crippen LogP contribution is 2.29. The van der Waals surface area contributed by atoms with Gasteiger partial charge in [-0.2, -0.15) is 13.2 Å². The van der Waals surface area contributed by atoms with Crippen LogP contribution < -0.4 is 4.90 Å². The fraction of sp³-hybridized carbons (Fsp3) is 0.333. The minimum atomic E-state index is -4.39. The molecule has 2 aromatic rings. The Balaban J connectivity index is 1.55. The number of nitrogens with zero attached hydrogens (tertiary/aromatic N) is 3. The Bertz CT molecular complexity index is 755. The number of aromatic nitrogens is 1. The van der Waals surface area contributed by atoms with E-state index in [-0.39, 0.29) is 5.91 Å². The van der Waals surface area contributed by atoms with Crippen molar-refractivity contribution in [1.82, 2.24) is 9.88 Å². The number of hydrogen-bond acceptors (Lipinski definition) is 3. The third kappa shape index (κ3) is 4.46. The van der Waals surface area contributed by atoms with Gasteiger partial charge in [0.2, 0.25) is 5.91 Å². The monoisotopic (exact) mass is 383 g/mol. The number of anilines is 1. The summed E-state index contributed by atoms with van der Waals surface area (Å²) >= 11 is 5.84. The molecule has 1 aromatic carbocycles. The zero-order chi connectivity index (χ0) is 18.7. The predicted molar refractivity (Wildman–Crippen MR) is 93.2 cm³/mol. The normalized spacial score (nSPS) is 15.2. The minimum Gasteiger partial charge on any atom is -0.353 e. The van der Waals surface area contributed by atoms with Gasteiger partial charge in [0.1, 0.15) is 5.82 Å². The van der Waals surface area contributed by atoms with Crippen molar-refractivity contribution < 1.29 is 18.0 Å². The number of alkyl halides is 3. The van der Waals surface area contributed by atoms with Crippen LogP contribution in [0.3, 0.4) is 0 Å². The quantitative estimate of drug-likeness (QED) is 0.812. The summed E-state index contributed by atoms with van der Waals surface area (Å²) in [5.74, 6) is 0.509. The van der Waals surface area contributed by atoms with Crippen molar-refractivity contribution in [2.45, 2.75) is 12.6 Å². The van der Waals surface area contributed by atoms with Gasteiger partial charge < -0.3 is 9.80 Å². The Hall–Kier alpha value is -2.28. The summed E-state index contributed by atoms with van der Waals surface area (Å²) in [5, 5.41) is 0.624. The lowest BCUT2D eigenvalue weighted by molar-refractivity contribution is -0.137. The van der Waals surface area contributed by atoms with Crippen LogP contribution in [0.25, 0.3) is 0 Å². The van der Waals surface area contributed by atoms with Crippen LogP contribution in [0.1, 0.15) is 11.1 Å². The van der Waals surface area contributed by atoms with Crippen molar-refractivity contribution in [1.29, 1.82) is 0 Å². The van der Waals surface area contributed by atoms with Gasteiger partial charge in [0, 0.05) is 37.4 Å². The van der Waals surface area contributed by atoms with E-state index in [9.17, 15) is 18.0 Å². The van der Waals surface area contributed by atoms with Crippen LogP contribution in [-0.4, -0.2) is 42.0 Å². The van der Waals surface area contributed by atoms with Gasteiger partial charge in [-0.3, -0.25) is 4.79 Å². The molecule has 0 saturated carbocycles. The highest BCUT2D eigenvalue weighted by Gasteiger charge is 2.31. The van der Waals surface area contributed by atoms with E-state index < -0.39 is 11.7 Å². The summed E-state index contributed by atoms with van der Waals surface area (Å²) in [6.07, 6.45) is -3.25. The van der Waals surface area contributed by atoms with Crippen molar-refractivity contribution in [3.05, 3.63) is 58.7 Å². The molecule has 1 aromatic heterocycles. The third-order valence-corrected chi connectivity index (χ3v) is 4.55. The molecule has 4 nitrogen and oxygen atoms in total. The first-order chi connectivity index (χ1) is 12.3. The SMILES string of the molecule is O=C(Cc1ccc(Cl)cc1)N1CCN(c2ccc(C(F)(F)F)cn2)CC1. The van der Waals surface area contributed by atoms with Crippen molar-refractivity contribution in [2.75, 3.05) is 31.1 Å². The van der Waals surface area contributed by atoms with Crippen LogP contribution >= 0.6 is 11.6 Å². The highest BCUT2D eigenvalue weighted by atomic mass is 35.5. The molecule has 26 heavy (non-hydrogen) atoms. The van der Waals surface area contributed by atoms with Crippen LogP contribution in [0.2, 0.25) is 5.02 Å². The first-order valence-electron chi connectivity index (χ1n) is 8.13. The van der Waals surface area contributed by atoms with Gasteiger partial charge in [-0.25, -0.2) is 4.98 Å². The second kappa shape index (κ2) is 7.53. The first-order valence-corrected chi connectivity index (χ1v) is 8.51. The number of hydrogen-bond donors (Lipinski definition) is 0. The van der Waals surface area contributed by atoms with Crippen LogP contribution in [0.15, 0.2) is 42.6 Å². The zero-order valence-electron chi connectivity index (χ0n) is 13.8. The molecular weight excluding hydrogens is 367 g/mol. The molecule has 0 N–H and O–H groups in total. The van der Waals surface area contributed by atoms with Gasteiger partial charge in [0.25, 0.3) is 0 Å². The number of pyridine rings is 1. The fourth-order valence-electron chi connectivity index (χ4n) is 2.81. The number of benzene rings is 1. The minimum absolute atomic E-state index is 0.0207. The Labute approximate surface area is 154 Å². The van der Waals surface area contributed by atoms with E-state index in [1.807, 2.05) is 17.0 Å². The number of rotatable bonds is 3. The maximum absolute atomic E-state index is 12.6. The second-order valence-electron chi connectivity index (χ2n) is 6.07. The van der Waals surface area contributed by atoms with E-state index in [4.69, 9.17) is 11.6 Å². The molecule has 0 aliphatic carbocycles. The van der Waals surface area contributed by atoms with Crippen molar-refractivity contribution in [3.8, 4) is 0 Å². The summed E-state index contributed by atoms with van der Waals surface area (Å²) in [5.41, 5.74) is 0.129. The lowest BCUT2D eigenvalue weighted by atomic mass is 10.1. The maximum Gasteiger partial charge on any atom is 0.417 e. The second-order valence-corrected chi connectivity index (χ2v) is 6.51. The van der Waals surface area contributed by atoms with Gasteiger partial charge >= 0.3 is 6.18 Å². The van der Waals surface area contributed by atoms with Gasteiger partial charge in [0.15, 0.2) is 0 Å². The molecule has 1 aliphatic rings. The van der Waals surface area contributed by atoms with Crippen molar-refractivity contribution in [2.24, 2.45) is 0 Å². The average molecular weight is 384 g/mol. The summed E-state index contributed by atoms with van der Waals surface area (Å²) in [6, 6.07) is 9.54. The zero-order valence-corrected chi connectivity index (χ0v) is 14.6. The lowest BCUT2D eigenvalue weighted by Gasteiger charge is -2.35. The summed E-state index contributed by atoms with van der Waals surface area (Å²) in [4.78, 5) is 19.9. The van der Waals surface area contributed by atoms with Gasteiger partial charge in [-0.05, 0) is 29.8 Å². The Morgan fingerprint density at radius 3 is 2.23 bits per heavy atom. The molecule has 8 heteroatoms. The fourth-order valence-corrected chi connectivity index (χ4v) is 2.94. The van der Waals surface area contributed by atoms with E-state index >= 15 is 0 Å². The van der Waals surface area contributed by atoms with E-state index in [0.29, 0.717) is 43.4 Å². The van der Waals surface area contributed by atoms with Crippen molar-refractivity contribution in [3.63, 3.8) is 0 Å². The molecule has 1 saturated heterocycles. The van der Waals surface area contributed by atoms with E-state index in [0.717, 1.165) is 17.8 Å². The molecular formula is C18H17ClF3N3O. The Morgan fingerprint density at radius 1 is 1.04 bits per heavy atom. The number of amides is 1. The van der Waals surface area contributed by atoms with E-state index in [1.54, 1.807) is 17.0 Å². The van der Waals surface area contributed by atoms with Crippen LogP contribution in [0.5, 0.6) is 0 Å². The van der Waals surface area contributed by atoms with E-state index in [1.165, 1.54) is 6.07 Å². The summed E-state index contributed by atoms with van der Waals surface area (Å²) in [7, 11) is 0. The lowest BCUT2D eigenvalue weighted by Crippen LogP contribution is -2.49. The number of piperazine rings is 1. The molecule has 1 amide bonds. The van der Waals surface area contributed by atoms with Crippen LogP contribution in [-0.2, 0) is 17.4 Å². The Kier molecular flexibility index (Phi) is 5.36. The molecule has 0 radical (unpaired) electrons. The maximum atomic E-state index is 12.6. The number of halogens is 4. The first kappa shape index (κ1) is 18.5. The topological polar surface area (TPSA) is 36.4 Å². The van der Waals surface area contributed by atoms with Crippen LogP contribution in [0.4, 0.5) is 19.0 Å². The van der Waals surface area contributed by atoms with Gasteiger partial charge in [-0.1, -0.05) is 23.7 Å². The standard InChI is InChI=1S/C18H17ClF3N3O/c19-15-4-1-13(2-5-15)11-17(26)25-9-7-24(8-10-25)16-6-3-14(12-23-16)18(20,21)22/h1-6,12H,7-11H2. The molecule has 0 unspecified atom stereocenters. The van der Waals surface area contributed by atoms with Crippen LogP contribution in [0, 0.1) is 0 Å². The molecule has 138 valence electrons. The summed E-state index contributed by atoms with van der Waals surface area (Å²) < 4.78 is 37.8. The highest BCUT2D eigenvalue weighted by molar-refractivity contribution is 6.30. The molecule has 0 atom stereocenters. The molecule has 0 spiro atoms. The molecule has 3 rings (SSSR count). The van der Waals surface area contributed by atoms with Gasteiger partial charge in [-0.15, -0.1) is 0 Å². The average Bonchev–Trinajstić information content (AvgIpc) is 2.63. The molecule has 2 heterocycles. The largest absolute Gasteiger partial charge is 0.417 e. The molecule has 1 aliphatic heterocycles. The smallest absolute Gasteiger partial charge is 0.353 e. The van der Waals surface area contributed by atoms with Gasteiger partial charge in [0.05, 0.1) is 12.0 Å². The molecule has 1 fully saturated rings. The van der Waals surface area contributed by atoms with Crippen molar-refractivity contribution >= 4 is 23.3 Å². The number of carbonyl (C=O) groups is 1. The predicted octanol–water partition coefficient (Wildman–Crippen LogP) is 3.65. The Morgan fingerprint density at radius 2 is 1.69 bits per heavy atom. The number of carbonyl (C=O) groups excluding carboxylic acids is 1.